The summed E-state index contributed by atoms with van der Waals surface area (Å²) < 4.78 is 0.905. The Hall–Kier alpha value is -2.25. The fourth-order valence-corrected chi connectivity index (χ4v) is 7.61. The van der Waals surface area contributed by atoms with Gasteiger partial charge < -0.3 is 15.1 Å². The number of carbonyl (C=O) groups excluding carboxylic acids is 4. The first-order valence-electron chi connectivity index (χ1n) is 14.1. The molecule has 10 nitrogen and oxygen atoms in total. The third-order valence-electron chi connectivity index (χ3n) is 8.90. The molecule has 3 N–H and O–H groups in total. The van der Waals surface area contributed by atoms with Gasteiger partial charge in [-0.25, -0.2) is 5.01 Å². The first-order chi connectivity index (χ1) is 18.7. The average molecular weight is 651 g/mol. The van der Waals surface area contributed by atoms with E-state index < -0.39 is 11.9 Å². The number of hydrogen-bond donors (Lipinski definition) is 3. The molecule has 4 aliphatic rings. The normalized spacial score (nSPS) is 26.4. The van der Waals surface area contributed by atoms with E-state index in [1.54, 1.807) is 11.0 Å². The van der Waals surface area contributed by atoms with E-state index in [9.17, 15) is 19.2 Å². The van der Waals surface area contributed by atoms with Crippen LogP contribution in [0.25, 0.3) is 0 Å². The number of nitrogens with zero attached hydrogens (tertiary/aromatic N) is 3. The predicted molar refractivity (Wildman–Crippen MR) is 156 cm³/mol. The molecule has 1 aromatic carbocycles. The second-order valence-electron chi connectivity index (χ2n) is 11.5. The van der Waals surface area contributed by atoms with Crippen molar-refractivity contribution in [3.05, 3.63) is 26.8 Å². The van der Waals surface area contributed by atoms with Gasteiger partial charge in [-0.1, -0.05) is 25.7 Å². The van der Waals surface area contributed by atoms with Crippen LogP contribution in [0.4, 0.5) is 5.69 Å². The van der Waals surface area contributed by atoms with Gasteiger partial charge in [-0.15, -0.1) is 0 Å². The number of halogens is 1. The summed E-state index contributed by atoms with van der Waals surface area (Å²) in [6.07, 6.45) is 8.35. The van der Waals surface area contributed by atoms with Gasteiger partial charge in [-0.3, -0.25) is 29.9 Å². The monoisotopic (exact) mass is 650 g/mol. The van der Waals surface area contributed by atoms with Crippen LogP contribution in [0.2, 0.25) is 0 Å². The molecular formula is C28H39IN6O4. The van der Waals surface area contributed by atoms with Crippen LogP contribution in [0, 0.1) is 15.4 Å². The van der Waals surface area contributed by atoms with Gasteiger partial charge in [-0.2, -0.15) is 0 Å². The smallest absolute Gasteiger partial charge is 0.255 e. The van der Waals surface area contributed by atoms with Gasteiger partial charge in [0.05, 0.1) is 6.54 Å². The van der Waals surface area contributed by atoms with Crippen molar-refractivity contribution in [1.82, 2.24) is 25.6 Å². The molecule has 0 aromatic heterocycles. The number of nitrogens with one attached hydrogen (secondary N) is 3. The van der Waals surface area contributed by atoms with Crippen LogP contribution in [-0.2, 0) is 20.9 Å². The minimum Gasteiger partial charge on any atom is -0.376 e. The largest absolute Gasteiger partial charge is 0.376 e. The topological polar surface area (TPSA) is 114 Å². The Bertz CT molecular complexity index is 1140. The third kappa shape index (κ3) is 6.09. The summed E-state index contributed by atoms with van der Waals surface area (Å²) in [5.74, 6) is 0.142. The Labute approximate surface area is 243 Å². The van der Waals surface area contributed by atoms with Crippen LogP contribution in [0.5, 0.6) is 0 Å². The summed E-state index contributed by atoms with van der Waals surface area (Å²) in [4.78, 5) is 53.6. The summed E-state index contributed by atoms with van der Waals surface area (Å²) in [6, 6.07) is 3.52. The minimum atomic E-state index is -0.643. The van der Waals surface area contributed by atoms with Crippen molar-refractivity contribution in [3.8, 4) is 0 Å². The van der Waals surface area contributed by atoms with Crippen molar-refractivity contribution in [2.45, 2.75) is 70.0 Å². The van der Waals surface area contributed by atoms with Crippen molar-refractivity contribution in [2.24, 2.45) is 11.8 Å². The van der Waals surface area contributed by atoms with Crippen LogP contribution >= 0.6 is 22.6 Å². The first-order valence-corrected chi connectivity index (χ1v) is 15.2. The molecule has 4 amide bonds. The van der Waals surface area contributed by atoms with Crippen LogP contribution < -0.4 is 16.1 Å². The zero-order valence-electron chi connectivity index (χ0n) is 22.8. The molecule has 0 radical (unpaired) electrons. The highest BCUT2D eigenvalue weighted by Gasteiger charge is 2.40. The van der Waals surface area contributed by atoms with Crippen molar-refractivity contribution >= 4 is 51.9 Å². The highest BCUT2D eigenvalue weighted by molar-refractivity contribution is 14.1. The summed E-state index contributed by atoms with van der Waals surface area (Å²) in [5, 5.41) is 7.84. The van der Waals surface area contributed by atoms with Crippen LogP contribution in [0.15, 0.2) is 12.1 Å². The number of carbonyl (C=O) groups is 4. The van der Waals surface area contributed by atoms with E-state index in [4.69, 9.17) is 0 Å². The first kappa shape index (κ1) is 28.3. The molecule has 212 valence electrons. The lowest BCUT2D eigenvalue weighted by Crippen LogP contribution is -2.52. The molecule has 3 aliphatic heterocycles. The molecule has 2 saturated heterocycles. The van der Waals surface area contributed by atoms with E-state index in [2.05, 4.69) is 50.7 Å². The predicted octanol–water partition coefficient (Wildman–Crippen LogP) is 2.33. The van der Waals surface area contributed by atoms with Crippen molar-refractivity contribution < 1.29 is 19.2 Å². The number of fused-ring (bicyclic) bond motifs is 1. The van der Waals surface area contributed by atoms with Crippen LogP contribution in [-0.4, -0.2) is 84.3 Å². The lowest BCUT2D eigenvalue weighted by molar-refractivity contribution is -0.137. The zero-order valence-corrected chi connectivity index (χ0v) is 25.0. The molecule has 3 unspecified atom stereocenters. The van der Waals surface area contributed by atoms with E-state index in [1.165, 1.54) is 38.5 Å². The highest BCUT2D eigenvalue weighted by atomic mass is 127. The molecule has 39 heavy (non-hydrogen) atoms. The number of hydrogen-bond acceptors (Lipinski definition) is 7. The van der Waals surface area contributed by atoms with Crippen molar-refractivity contribution in [3.63, 3.8) is 0 Å². The second-order valence-corrected chi connectivity index (χ2v) is 12.6. The maximum Gasteiger partial charge on any atom is 0.255 e. The van der Waals surface area contributed by atoms with Gasteiger partial charge in [0.25, 0.3) is 5.91 Å². The number of piperidine rings is 1. The Morgan fingerprint density at radius 1 is 1.13 bits per heavy atom. The number of rotatable bonds is 7. The number of likely N-dealkylation sites (N-methyl/N-ethyl adjacent to an activating group) is 1. The van der Waals surface area contributed by atoms with Crippen LogP contribution in [0.3, 0.4) is 0 Å². The summed E-state index contributed by atoms with van der Waals surface area (Å²) in [6.45, 7) is 2.07. The third-order valence-corrected chi connectivity index (χ3v) is 9.86. The molecule has 3 heterocycles. The summed E-state index contributed by atoms with van der Waals surface area (Å²) in [5.41, 5.74) is 5.63. The van der Waals surface area contributed by atoms with Crippen molar-refractivity contribution in [1.29, 1.82) is 0 Å². The van der Waals surface area contributed by atoms with Crippen molar-refractivity contribution in [2.75, 3.05) is 39.0 Å². The van der Waals surface area contributed by atoms with Gasteiger partial charge in [-0.05, 0) is 65.5 Å². The lowest BCUT2D eigenvalue weighted by atomic mass is 9.84. The molecule has 1 saturated carbocycles. The van der Waals surface area contributed by atoms with E-state index in [-0.39, 0.29) is 30.7 Å². The SMILES string of the molecule is CN(CC1CNN(C)C1C1CCCCCC1)C(=O)CNc1cc(I)c2c(c1)C(=O)N(C1CCC(=O)NC1=O)C2. The molecule has 0 spiro atoms. The summed E-state index contributed by atoms with van der Waals surface area (Å²) in [7, 11) is 4.01. The van der Waals surface area contributed by atoms with Gasteiger partial charge in [0.1, 0.15) is 6.04 Å². The fourth-order valence-electron chi connectivity index (χ4n) is 6.81. The van der Waals surface area contributed by atoms with E-state index in [0.717, 1.165) is 15.7 Å². The maximum atomic E-state index is 13.2. The van der Waals surface area contributed by atoms with Gasteiger partial charge in [0.15, 0.2) is 0 Å². The molecule has 3 fully saturated rings. The second kappa shape index (κ2) is 12.1. The molecule has 3 atom stereocenters. The van der Waals surface area contributed by atoms with E-state index in [0.29, 0.717) is 48.6 Å². The number of anilines is 1. The Balaban J connectivity index is 1.18. The lowest BCUT2D eigenvalue weighted by Gasteiger charge is -2.33. The average Bonchev–Trinajstić information content (AvgIpc) is 3.29. The number of benzene rings is 1. The highest BCUT2D eigenvalue weighted by Crippen LogP contribution is 2.34. The van der Waals surface area contributed by atoms with Gasteiger partial charge in [0.2, 0.25) is 17.7 Å². The quantitative estimate of drug-likeness (QED) is 0.236. The standard InChI is InChI=1S/C28H39IN6O4/c1-33(15-18-13-31-34(2)26(18)17-7-5-3-4-6-8-17)25(37)14-30-19-11-20-21(22(29)12-19)16-35(28(20)39)23-9-10-24(36)32-27(23)38/h11-12,17-18,23,26,30-31H,3-10,13-16H2,1-2H3,(H,32,36,38). The number of hydrazine groups is 1. The number of imide groups is 1. The Morgan fingerprint density at radius 2 is 1.87 bits per heavy atom. The molecule has 5 rings (SSSR count). The van der Waals surface area contributed by atoms with Gasteiger partial charge >= 0.3 is 0 Å². The molecular weight excluding hydrogens is 611 g/mol. The maximum absolute atomic E-state index is 13.2. The van der Waals surface area contributed by atoms with E-state index >= 15 is 0 Å². The molecule has 1 aliphatic carbocycles. The Kier molecular flexibility index (Phi) is 8.77. The molecule has 1 aromatic rings. The minimum absolute atomic E-state index is 0.0103. The molecule has 0 bridgehead atoms. The molecule has 11 heteroatoms. The van der Waals surface area contributed by atoms with Gasteiger partial charge in [0, 0.05) is 66.9 Å². The summed E-state index contributed by atoms with van der Waals surface area (Å²) >= 11 is 2.20. The zero-order chi connectivity index (χ0) is 27.7. The number of amides is 4. The fraction of sp³-hybridized carbons (Fsp3) is 0.643. The van der Waals surface area contributed by atoms with Crippen LogP contribution in [0.1, 0.15) is 67.3 Å². The Morgan fingerprint density at radius 3 is 2.59 bits per heavy atom. The van der Waals surface area contributed by atoms with E-state index in [1.807, 2.05) is 18.0 Å².